The third-order valence-electron chi connectivity index (χ3n) is 3.99. The zero-order chi connectivity index (χ0) is 17.6. The molecule has 1 aliphatic rings. The molecule has 0 atom stereocenters. The molecule has 0 unspecified atom stereocenters. The Morgan fingerprint density at radius 2 is 1.67 bits per heavy atom. The number of ether oxygens (including phenoxy) is 4. The minimum absolute atomic E-state index is 0.0284. The molecule has 0 saturated carbocycles. The van der Waals surface area contributed by atoms with Crippen molar-refractivity contribution in [3.8, 4) is 11.5 Å². The Kier molecular flexibility index (Phi) is 6.85. The van der Waals surface area contributed by atoms with Gasteiger partial charge in [-0.3, -0.25) is 0 Å². The normalized spacial score (nSPS) is 15.1. The van der Waals surface area contributed by atoms with Gasteiger partial charge in [-0.2, -0.15) is 4.31 Å². The van der Waals surface area contributed by atoms with Crippen molar-refractivity contribution in [2.45, 2.75) is 13.0 Å². The van der Waals surface area contributed by atoms with Crippen LogP contribution in [-0.2, 0) is 32.5 Å². The van der Waals surface area contributed by atoms with Crippen molar-refractivity contribution in [2.75, 3.05) is 53.4 Å². The number of hydrogen-bond acceptors (Lipinski definition) is 6. The van der Waals surface area contributed by atoms with E-state index >= 15 is 0 Å². The molecular weight excluding hydrogens is 334 g/mol. The monoisotopic (exact) mass is 359 g/mol. The van der Waals surface area contributed by atoms with Crippen molar-refractivity contribution in [1.82, 2.24) is 4.31 Å². The summed E-state index contributed by atoms with van der Waals surface area (Å²) in [5, 5.41) is 0. The largest absolute Gasteiger partial charge is 0.493 e. The molecular formula is C16H25NO6S. The fourth-order valence-corrected chi connectivity index (χ4v) is 3.92. The summed E-state index contributed by atoms with van der Waals surface area (Å²) in [4.78, 5) is 0. The van der Waals surface area contributed by atoms with Crippen LogP contribution in [0.3, 0.4) is 0 Å². The van der Waals surface area contributed by atoms with E-state index in [9.17, 15) is 8.42 Å². The third-order valence-corrected chi connectivity index (χ3v) is 5.77. The summed E-state index contributed by atoms with van der Waals surface area (Å²) >= 11 is 0. The summed E-state index contributed by atoms with van der Waals surface area (Å²) in [7, 11) is 1.38. The first kappa shape index (κ1) is 19.0. The first-order chi connectivity index (χ1) is 11.5. The molecule has 1 heterocycles. The molecule has 0 aliphatic carbocycles. The first-order valence-corrected chi connectivity index (χ1v) is 9.41. The average Bonchev–Trinajstić information content (AvgIpc) is 2.59. The Bertz CT molecular complexity index is 646. The molecule has 8 heteroatoms. The Morgan fingerprint density at radius 1 is 1.00 bits per heavy atom. The van der Waals surface area contributed by atoms with Crippen LogP contribution >= 0.6 is 0 Å². The van der Waals surface area contributed by atoms with Crippen LogP contribution in [0.25, 0.3) is 0 Å². The van der Waals surface area contributed by atoms with Crippen molar-refractivity contribution in [1.29, 1.82) is 0 Å². The molecule has 0 aromatic heterocycles. The molecule has 0 radical (unpaired) electrons. The van der Waals surface area contributed by atoms with Crippen molar-refractivity contribution >= 4 is 10.0 Å². The van der Waals surface area contributed by atoms with Gasteiger partial charge in [0.25, 0.3) is 0 Å². The van der Waals surface area contributed by atoms with E-state index in [0.29, 0.717) is 44.2 Å². The fraction of sp³-hybridized carbons (Fsp3) is 0.625. The number of rotatable bonds is 9. The van der Waals surface area contributed by atoms with Gasteiger partial charge in [0.05, 0.1) is 39.8 Å². The van der Waals surface area contributed by atoms with E-state index in [1.807, 2.05) is 12.1 Å². The molecule has 1 aliphatic heterocycles. The number of hydrogen-bond donors (Lipinski definition) is 0. The average molecular weight is 359 g/mol. The van der Waals surface area contributed by atoms with Crippen LogP contribution in [0.5, 0.6) is 11.5 Å². The zero-order valence-electron chi connectivity index (χ0n) is 14.4. The summed E-state index contributed by atoms with van der Waals surface area (Å²) in [6.45, 7) is 1.82. The Hall–Kier alpha value is -1.35. The summed E-state index contributed by atoms with van der Waals surface area (Å²) in [5.41, 5.74) is 2.04. The van der Waals surface area contributed by atoms with Gasteiger partial charge in [-0.05, 0) is 29.7 Å². The predicted molar refractivity (Wildman–Crippen MR) is 90.1 cm³/mol. The number of sulfonamides is 1. The summed E-state index contributed by atoms with van der Waals surface area (Å²) in [6, 6.07) is 3.77. The maximum atomic E-state index is 12.5. The fourth-order valence-electron chi connectivity index (χ4n) is 2.63. The highest BCUT2D eigenvalue weighted by Gasteiger charge is 2.27. The number of fused-ring (bicyclic) bond motifs is 1. The van der Waals surface area contributed by atoms with Crippen molar-refractivity contribution in [3.63, 3.8) is 0 Å². The first-order valence-electron chi connectivity index (χ1n) is 7.80. The lowest BCUT2D eigenvalue weighted by molar-refractivity contribution is 0.0781. The lowest BCUT2D eigenvalue weighted by atomic mass is 10.0. The van der Waals surface area contributed by atoms with E-state index in [1.54, 1.807) is 21.3 Å². The third kappa shape index (κ3) is 4.60. The van der Waals surface area contributed by atoms with Gasteiger partial charge in [0.1, 0.15) is 0 Å². The number of methoxy groups -OCH3 is 3. The quantitative estimate of drug-likeness (QED) is 0.614. The van der Waals surface area contributed by atoms with Gasteiger partial charge in [0, 0.05) is 20.2 Å². The van der Waals surface area contributed by atoms with E-state index in [0.717, 1.165) is 11.1 Å². The van der Waals surface area contributed by atoms with Crippen LogP contribution in [0.1, 0.15) is 11.1 Å². The van der Waals surface area contributed by atoms with E-state index in [4.69, 9.17) is 18.9 Å². The lowest BCUT2D eigenvalue weighted by Crippen LogP contribution is -2.38. The van der Waals surface area contributed by atoms with Gasteiger partial charge in [0.2, 0.25) is 10.0 Å². The molecule has 1 aromatic carbocycles. The second-order valence-electron chi connectivity index (χ2n) is 5.48. The molecule has 0 fully saturated rings. The van der Waals surface area contributed by atoms with E-state index in [2.05, 4.69) is 0 Å². The molecule has 0 saturated heterocycles. The molecule has 1 aromatic rings. The minimum atomic E-state index is -3.35. The van der Waals surface area contributed by atoms with Crippen LogP contribution in [0.15, 0.2) is 12.1 Å². The smallest absolute Gasteiger partial charge is 0.216 e. The van der Waals surface area contributed by atoms with Crippen LogP contribution in [0, 0.1) is 0 Å². The maximum absolute atomic E-state index is 12.5. The Morgan fingerprint density at radius 3 is 2.29 bits per heavy atom. The van der Waals surface area contributed by atoms with E-state index in [-0.39, 0.29) is 12.4 Å². The van der Waals surface area contributed by atoms with Crippen LogP contribution in [0.4, 0.5) is 0 Å². The van der Waals surface area contributed by atoms with Gasteiger partial charge < -0.3 is 18.9 Å². The van der Waals surface area contributed by atoms with E-state index < -0.39 is 10.0 Å². The zero-order valence-corrected chi connectivity index (χ0v) is 15.2. The molecule has 24 heavy (non-hydrogen) atoms. The van der Waals surface area contributed by atoms with Gasteiger partial charge in [-0.15, -0.1) is 0 Å². The topological polar surface area (TPSA) is 74.3 Å². The van der Waals surface area contributed by atoms with Crippen LogP contribution in [-0.4, -0.2) is 66.2 Å². The number of benzene rings is 1. The van der Waals surface area contributed by atoms with Crippen molar-refractivity contribution in [3.05, 3.63) is 23.3 Å². The van der Waals surface area contributed by atoms with Gasteiger partial charge in [-0.25, -0.2) is 8.42 Å². The second-order valence-corrected chi connectivity index (χ2v) is 7.57. The highest BCUT2D eigenvalue weighted by molar-refractivity contribution is 7.89. The van der Waals surface area contributed by atoms with Crippen LogP contribution in [0.2, 0.25) is 0 Å². The van der Waals surface area contributed by atoms with E-state index in [1.165, 1.54) is 4.31 Å². The van der Waals surface area contributed by atoms with Gasteiger partial charge >= 0.3 is 0 Å². The predicted octanol–water partition coefficient (Wildman–Crippen LogP) is 1.05. The molecule has 0 bridgehead atoms. The standard InChI is InChI=1S/C16H25NO6S/c1-20-6-7-23-8-9-24(18,19)17-5-4-13-10-15(21-2)16(22-3)11-14(13)12-17/h10-11H,4-9,12H2,1-3H3. The molecule has 0 spiro atoms. The Balaban J connectivity index is 2.03. The molecule has 2 rings (SSSR count). The highest BCUT2D eigenvalue weighted by atomic mass is 32.2. The second kappa shape index (κ2) is 8.66. The van der Waals surface area contributed by atoms with Crippen LogP contribution < -0.4 is 9.47 Å². The Labute approximate surface area is 143 Å². The molecule has 136 valence electrons. The van der Waals surface area contributed by atoms with Gasteiger partial charge in [-0.1, -0.05) is 0 Å². The molecule has 0 N–H and O–H groups in total. The summed E-state index contributed by atoms with van der Waals surface area (Å²) in [5.74, 6) is 1.25. The summed E-state index contributed by atoms with van der Waals surface area (Å²) < 4.78 is 47.2. The lowest BCUT2D eigenvalue weighted by Gasteiger charge is -2.28. The minimum Gasteiger partial charge on any atom is -0.493 e. The summed E-state index contributed by atoms with van der Waals surface area (Å²) in [6.07, 6.45) is 0.652. The van der Waals surface area contributed by atoms with Crippen molar-refractivity contribution in [2.24, 2.45) is 0 Å². The van der Waals surface area contributed by atoms with Gasteiger partial charge in [0.15, 0.2) is 11.5 Å². The maximum Gasteiger partial charge on any atom is 0.216 e. The molecule has 7 nitrogen and oxygen atoms in total. The highest BCUT2D eigenvalue weighted by Crippen LogP contribution is 2.33. The van der Waals surface area contributed by atoms with Crippen molar-refractivity contribution < 1.29 is 27.4 Å². The SMILES string of the molecule is COCCOCCS(=O)(=O)N1CCc2cc(OC)c(OC)cc2C1. The molecule has 0 amide bonds. The number of nitrogens with zero attached hydrogens (tertiary/aromatic N) is 1.